The van der Waals surface area contributed by atoms with E-state index in [0.29, 0.717) is 26.2 Å². The maximum Gasteiger partial charge on any atom is 0.249 e. The average molecular weight is 307 g/mol. The number of carbonyl (C=O) groups is 1. The zero-order chi connectivity index (χ0) is 15.2. The van der Waals surface area contributed by atoms with Crippen LogP contribution in [0.15, 0.2) is 0 Å². The van der Waals surface area contributed by atoms with Crippen LogP contribution in [0, 0.1) is 0 Å². The summed E-state index contributed by atoms with van der Waals surface area (Å²) in [6.07, 6.45) is 2.45. The van der Waals surface area contributed by atoms with Gasteiger partial charge in [0, 0.05) is 32.8 Å². The zero-order valence-electron chi connectivity index (χ0n) is 12.5. The van der Waals surface area contributed by atoms with E-state index in [4.69, 9.17) is 4.74 Å². The highest BCUT2D eigenvalue weighted by Gasteiger charge is 2.23. The first-order valence-electron chi connectivity index (χ1n) is 6.80. The molecule has 1 N–H and O–H groups in total. The van der Waals surface area contributed by atoms with E-state index in [1.54, 1.807) is 0 Å². The van der Waals surface area contributed by atoms with E-state index >= 15 is 0 Å². The zero-order valence-corrected chi connectivity index (χ0v) is 13.3. The van der Waals surface area contributed by atoms with Gasteiger partial charge < -0.3 is 15.0 Å². The van der Waals surface area contributed by atoms with E-state index in [2.05, 4.69) is 5.32 Å². The summed E-state index contributed by atoms with van der Waals surface area (Å²) in [7, 11) is 0.524. The third kappa shape index (κ3) is 6.17. The molecule has 0 aromatic heterocycles. The fraction of sp³-hybridized carbons (Fsp3) is 0.917. The van der Waals surface area contributed by atoms with Crippen molar-refractivity contribution >= 4 is 15.9 Å². The number of ether oxygens (including phenoxy) is 1. The van der Waals surface area contributed by atoms with Gasteiger partial charge in [-0.05, 0) is 26.9 Å². The third-order valence-electron chi connectivity index (χ3n) is 3.15. The molecule has 0 aliphatic carbocycles. The lowest BCUT2D eigenvalue weighted by molar-refractivity contribution is -0.130. The molecule has 118 valence electrons. The maximum atomic E-state index is 11.7. The molecule has 1 aliphatic rings. The number of hydrogen-bond donors (Lipinski definition) is 1. The molecule has 1 heterocycles. The number of hydrogen-bond acceptors (Lipinski definition) is 5. The highest BCUT2D eigenvalue weighted by Crippen LogP contribution is 2.11. The molecule has 1 fully saturated rings. The van der Waals surface area contributed by atoms with Gasteiger partial charge in [0.2, 0.25) is 15.9 Å². The second-order valence-electron chi connectivity index (χ2n) is 5.26. The summed E-state index contributed by atoms with van der Waals surface area (Å²) in [5, 5.41) is 2.73. The molecule has 0 aromatic carbocycles. The second kappa shape index (κ2) is 7.92. The molecule has 1 rings (SSSR count). The van der Waals surface area contributed by atoms with Gasteiger partial charge in [-0.1, -0.05) is 0 Å². The highest BCUT2D eigenvalue weighted by atomic mass is 32.2. The van der Waals surface area contributed by atoms with Crippen molar-refractivity contribution in [2.75, 3.05) is 53.1 Å². The topological polar surface area (TPSA) is 79.0 Å². The third-order valence-corrected chi connectivity index (χ3v) is 4.45. The lowest BCUT2D eigenvalue weighted by Gasteiger charge is -2.22. The van der Waals surface area contributed by atoms with Crippen LogP contribution in [0.4, 0.5) is 0 Å². The Morgan fingerprint density at radius 3 is 2.50 bits per heavy atom. The molecule has 1 unspecified atom stereocenters. The molecule has 0 spiro atoms. The summed E-state index contributed by atoms with van der Waals surface area (Å²) in [4.78, 5) is 13.7. The van der Waals surface area contributed by atoms with Crippen LogP contribution in [0.2, 0.25) is 0 Å². The van der Waals surface area contributed by atoms with Gasteiger partial charge in [0.1, 0.15) is 6.10 Å². The summed E-state index contributed by atoms with van der Waals surface area (Å²) in [5.74, 6) is -0.149. The average Bonchev–Trinajstić information content (AvgIpc) is 2.84. The minimum Gasteiger partial charge on any atom is -0.368 e. The molecule has 1 amide bonds. The fourth-order valence-electron chi connectivity index (χ4n) is 1.96. The number of carbonyl (C=O) groups excluding carboxylic acids is 1. The van der Waals surface area contributed by atoms with Gasteiger partial charge >= 0.3 is 0 Å². The Labute approximate surface area is 121 Å². The first-order valence-corrected chi connectivity index (χ1v) is 8.64. The van der Waals surface area contributed by atoms with Crippen LogP contribution in [0.5, 0.6) is 0 Å². The summed E-state index contributed by atoms with van der Waals surface area (Å²) >= 11 is 0. The minimum atomic E-state index is -3.25. The van der Waals surface area contributed by atoms with Gasteiger partial charge in [-0.3, -0.25) is 4.79 Å². The molecule has 20 heavy (non-hydrogen) atoms. The number of likely N-dealkylation sites (N-methyl/N-ethyl adjacent to an activating group) is 1. The van der Waals surface area contributed by atoms with E-state index in [0.717, 1.165) is 12.8 Å². The van der Waals surface area contributed by atoms with E-state index in [9.17, 15) is 13.2 Å². The first-order chi connectivity index (χ1) is 9.30. The van der Waals surface area contributed by atoms with Crippen LogP contribution in [0.3, 0.4) is 0 Å². The van der Waals surface area contributed by atoms with Crippen molar-refractivity contribution in [3.63, 3.8) is 0 Å². The summed E-state index contributed by atoms with van der Waals surface area (Å²) < 4.78 is 29.9. The van der Waals surface area contributed by atoms with Crippen LogP contribution < -0.4 is 5.32 Å². The Morgan fingerprint density at radius 2 is 2.00 bits per heavy atom. The first kappa shape index (κ1) is 17.4. The Hall–Kier alpha value is -0.700. The second-order valence-corrected chi connectivity index (χ2v) is 7.24. The van der Waals surface area contributed by atoms with E-state index < -0.39 is 10.0 Å². The molecular formula is C12H25N3O4S. The van der Waals surface area contributed by atoms with Crippen LogP contribution in [0.1, 0.15) is 12.8 Å². The number of amides is 1. The van der Waals surface area contributed by atoms with E-state index in [1.165, 1.54) is 10.6 Å². The molecule has 0 aromatic rings. The molecule has 7 nitrogen and oxygen atoms in total. The Bertz CT molecular complexity index is 405. The van der Waals surface area contributed by atoms with Crippen molar-refractivity contribution in [2.45, 2.75) is 18.9 Å². The van der Waals surface area contributed by atoms with Gasteiger partial charge in [-0.25, -0.2) is 8.42 Å². The maximum absolute atomic E-state index is 11.7. The predicted molar refractivity (Wildman–Crippen MR) is 77.0 cm³/mol. The molecular weight excluding hydrogens is 282 g/mol. The number of sulfonamides is 1. The van der Waals surface area contributed by atoms with Gasteiger partial charge in [0.05, 0.1) is 6.26 Å². The molecule has 0 radical (unpaired) electrons. The van der Waals surface area contributed by atoms with E-state index in [-0.39, 0.29) is 18.6 Å². The Kier molecular flexibility index (Phi) is 6.87. The monoisotopic (exact) mass is 307 g/mol. The van der Waals surface area contributed by atoms with Gasteiger partial charge in [-0.15, -0.1) is 0 Å². The molecule has 1 aliphatic heterocycles. The van der Waals surface area contributed by atoms with E-state index in [1.807, 2.05) is 19.0 Å². The largest absolute Gasteiger partial charge is 0.368 e. The van der Waals surface area contributed by atoms with Gasteiger partial charge in [-0.2, -0.15) is 4.31 Å². The molecule has 8 heteroatoms. The summed E-state index contributed by atoms with van der Waals surface area (Å²) in [5.41, 5.74) is 0. The smallest absolute Gasteiger partial charge is 0.249 e. The van der Waals surface area contributed by atoms with Crippen molar-refractivity contribution in [2.24, 2.45) is 0 Å². The van der Waals surface area contributed by atoms with Gasteiger partial charge in [0.25, 0.3) is 0 Å². The van der Waals surface area contributed by atoms with Crippen molar-refractivity contribution in [3.05, 3.63) is 0 Å². The van der Waals surface area contributed by atoms with Crippen molar-refractivity contribution in [3.8, 4) is 0 Å². The normalized spacial score (nSPS) is 19.8. The van der Waals surface area contributed by atoms with Gasteiger partial charge in [0.15, 0.2) is 0 Å². The van der Waals surface area contributed by atoms with Crippen LogP contribution in [-0.2, 0) is 19.6 Å². The number of nitrogens with zero attached hydrogens (tertiary/aromatic N) is 2. The summed E-state index contributed by atoms with van der Waals surface area (Å²) in [6, 6.07) is 0. The highest BCUT2D eigenvalue weighted by molar-refractivity contribution is 7.88. The SMILES string of the molecule is CN(C)CCN(CCNC(=O)C1CCCO1)S(C)(=O)=O. The minimum absolute atomic E-state index is 0.149. The van der Waals surface area contributed by atoms with Crippen molar-refractivity contribution in [1.82, 2.24) is 14.5 Å². The Morgan fingerprint density at radius 1 is 1.30 bits per heavy atom. The predicted octanol–water partition coefficient (Wildman–Crippen LogP) is -0.895. The molecule has 1 atom stereocenters. The lowest BCUT2D eigenvalue weighted by atomic mass is 10.2. The van der Waals surface area contributed by atoms with Crippen LogP contribution >= 0.6 is 0 Å². The molecule has 1 saturated heterocycles. The van der Waals surface area contributed by atoms with Crippen molar-refractivity contribution < 1.29 is 17.9 Å². The molecule has 0 saturated carbocycles. The number of rotatable bonds is 8. The quantitative estimate of drug-likeness (QED) is 0.629. The van der Waals surface area contributed by atoms with Crippen LogP contribution in [0.25, 0.3) is 0 Å². The standard InChI is InChI=1S/C12H25N3O4S/c1-14(2)8-9-15(20(3,17)18)7-6-13-12(16)11-5-4-10-19-11/h11H,4-10H2,1-3H3,(H,13,16). The lowest BCUT2D eigenvalue weighted by Crippen LogP contribution is -2.43. The molecule has 0 bridgehead atoms. The fourth-order valence-corrected chi connectivity index (χ4v) is 2.79. The Balaban J connectivity index is 2.36. The summed E-state index contributed by atoms with van der Waals surface area (Å²) in [6.45, 7) is 2.27. The van der Waals surface area contributed by atoms with Crippen molar-refractivity contribution in [1.29, 1.82) is 0 Å². The number of nitrogens with one attached hydrogen (secondary N) is 1. The van der Waals surface area contributed by atoms with Crippen LogP contribution in [-0.4, -0.2) is 82.8 Å².